The van der Waals surface area contributed by atoms with Gasteiger partial charge in [0.2, 0.25) is 10.0 Å². The molecule has 4 aromatic rings. The van der Waals surface area contributed by atoms with Gasteiger partial charge in [0.25, 0.3) is 5.91 Å². The van der Waals surface area contributed by atoms with E-state index in [1.165, 1.54) is 19.2 Å². The van der Waals surface area contributed by atoms with Crippen LogP contribution in [0.15, 0.2) is 65.1 Å². The Labute approximate surface area is 255 Å². The van der Waals surface area contributed by atoms with Crippen molar-refractivity contribution < 1.29 is 36.7 Å². The highest BCUT2D eigenvalue weighted by Gasteiger charge is 2.30. The average Bonchev–Trinajstić information content (AvgIpc) is 3.78. The summed E-state index contributed by atoms with van der Waals surface area (Å²) in [6.45, 7) is 1.25. The minimum Gasteiger partial charge on any atom is -0.478 e. The predicted octanol–water partition coefficient (Wildman–Crippen LogP) is 5.63. The summed E-state index contributed by atoms with van der Waals surface area (Å²) in [4.78, 5) is 23.9. The molecule has 5 rings (SSSR count). The van der Waals surface area contributed by atoms with Gasteiger partial charge in [0.1, 0.15) is 17.2 Å². The number of amides is 1. The molecule has 1 saturated carbocycles. The number of carboxylic acid groups (broad SMARTS) is 1. The number of rotatable bonds is 15. The van der Waals surface area contributed by atoms with Crippen molar-refractivity contribution in [2.45, 2.75) is 43.8 Å². The summed E-state index contributed by atoms with van der Waals surface area (Å²) < 4.78 is 54.1. The van der Waals surface area contributed by atoms with Crippen LogP contribution in [-0.2, 0) is 26.9 Å². The molecule has 0 spiro atoms. The van der Waals surface area contributed by atoms with E-state index < -0.39 is 21.8 Å². The van der Waals surface area contributed by atoms with Gasteiger partial charge < -0.3 is 19.6 Å². The number of fused-ring (bicyclic) bond motifs is 1. The van der Waals surface area contributed by atoms with Crippen LogP contribution in [-0.4, -0.2) is 52.2 Å². The molecule has 1 fully saturated rings. The number of benzene rings is 3. The molecule has 44 heavy (non-hydrogen) atoms. The Morgan fingerprint density at radius 1 is 1.02 bits per heavy atom. The maximum absolute atomic E-state index is 13.6. The third-order valence-electron chi connectivity index (χ3n) is 7.65. The highest BCUT2D eigenvalue weighted by molar-refractivity contribution is 7.88. The van der Waals surface area contributed by atoms with Crippen molar-refractivity contribution in [1.29, 1.82) is 0 Å². The number of carbonyl (C=O) groups excluding carboxylic acids is 1. The highest BCUT2D eigenvalue weighted by Crippen LogP contribution is 2.45. The van der Waals surface area contributed by atoms with Gasteiger partial charge in [0, 0.05) is 31.1 Å². The van der Waals surface area contributed by atoms with Gasteiger partial charge in [-0.3, -0.25) is 4.79 Å². The van der Waals surface area contributed by atoms with E-state index in [1.807, 2.05) is 6.07 Å². The van der Waals surface area contributed by atoms with Crippen molar-refractivity contribution in [3.05, 3.63) is 94.3 Å². The summed E-state index contributed by atoms with van der Waals surface area (Å²) in [6.07, 6.45) is 3.83. The summed E-state index contributed by atoms with van der Waals surface area (Å²) in [6, 6.07) is 15.9. The van der Waals surface area contributed by atoms with E-state index in [-0.39, 0.29) is 29.7 Å². The maximum Gasteiger partial charge on any atom is 0.335 e. The molecular weight excluding hydrogens is 587 g/mol. The van der Waals surface area contributed by atoms with Crippen LogP contribution >= 0.6 is 0 Å². The van der Waals surface area contributed by atoms with Gasteiger partial charge in [-0.15, -0.1) is 0 Å². The molecule has 0 saturated heterocycles. The minimum absolute atomic E-state index is 0.214. The lowest BCUT2D eigenvalue weighted by Gasteiger charge is -2.12. The normalized spacial score (nSPS) is 13.3. The standard InChI is InChI=1S/C33H35FN2O7S/c1-35-32(37)30-28-19-27(22-8-9-22)25(18-29(28)43-31(30)23-10-12-26(34)13-11-23)20-44(40,41)36-15-2-3-16-42-17-14-21-4-6-24(7-5-21)33(38)39/h4-7,10-13,18-19,22,36H,2-3,8-9,14-17,20H2,1H3,(H,35,37)(H,38,39). The minimum atomic E-state index is -3.65. The van der Waals surface area contributed by atoms with Crippen molar-refractivity contribution >= 4 is 32.9 Å². The number of carboxylic acids is 1. The van der Waals surface area contributed by atoms with E-state index in [9.17, 15) is 22.4 Å². The largest absolute Gasteiger partial charge is 0.478 e. The number of halogens is 1. The molecule has 11 heteroatoms. The molecule has 1 heterocycles. The van der Waals surface area contributed by atoms with Crippen LogP contribution in [0, 0.1) is 5.82 Å². The van der Waals surface area contributed by atoms with Crippen LogP contribution in [0.2, 0.25) is 0 Å². The second-order valence-corrected chi connectivity index (χ2v) is 12.7. The van der Waals surface area contributed by atoms with Crippen LogP contribution in [0.25, 0.3) is 22.3 Å². The number of nitrogens with one attached hydrogen (secondary N) is 2. The summed E-state index contributed by atoms with van der Waals surface area (Å²) >= 11 is 0. The van der Waals surface area contributed by atoms with Crippen molar-refractivity contribution in [1.82, 2.24) is 10.0 Å². The topological polar surface area (TPSA) is 135 Å². The smallest absolute Gasteiger partial charge is 0.335 e. The Balaban J connectivity index is 1.19. The molecule has 232 valence electrons. The summed E-state index contributed by atoms with van der Waals surface area (Å²) in [5.41, 5.74) is 4.03. The van der Waals surface area contributed by atoms with Gasteiger partial charge in [-0.05, 0) is 103 Å². The number of hydrogen-bond acceptors (Lipinski definition) is 6. The van der Waals surface area contributed by atoms with Crippen molar-refractivity contribution in [3.8, 4) is 11.3 Å². The Morgan fingerprint density at radius 2 is 1.75 bits per heavy atom. The first kappa shape index (κ1) is 31.4. The van der Waals surface area contributed by atoms with E-state index >= 15 is 0 Å². The first-order valence-electron chi connectivity index (χ1n) is 14.6. The van der Waals surface area contributed by atoms with Crippen LogP contribution in [0.1, 0.15) is 69.0 Å². The zero-order valence-electron chi connectivity index (χ0n) is 24.4. The fourth-order valence-corrected chi connectivity index (χ4v) is 6.39. The Morgan fingerprint density at radius 3 is 2.41 bits per heavy atom. The van der Waals surface area contributed by atoms with Crippen LogP contribution in [0.4, 0.5) is 4.39 Å². The Hall–Kier alpha value is -4.06. The quantitative estimate of drug-likeness (QED) is 0.146. The predicted molar refractivity (Wildman–Crippen MR) is 165 cm³/mol. The summed E-state index contributed by atoms with van der Waals surface area (Å²) in [5, 5.41) is 12.2. The molecule has 0 atom stereocenters. The highest BCUT2D eigenvalue weighted by atomic mass is 32.2. The number of unbranched alkanes of at least 4 members (excludes halogenated alkanes) is 1. The molecular formula is C33H35FN2O7S. The van der Waals surface area contributed by atoms with Crippen molar-refractivity contribution in [2.75, 3.05) is 26.8 Å². The summed E-state index contributed by atoms with van der Waals surface area (Å²) in [7, 11) is -2.12. The van der Waals surface area contributed by atoms with Crippen molar-refractivity contribution in [3.63, 3.8) is 0 Å². The van der Waals surface area contributed by atoms with Gasteiger partial charge in [-0.2, -0.15) is 0 Å². The fraction of sp³-hybridized carbons (Fsp3) is 0.333. The molecule has 0 bridgehead atoms. The second-order valence-electron chi connectivity index (χ2n) is 10.9. The van der Waals surface area contributed by atoms with E-state index in [4.69, 9.17) is 14.3 Å². The molecule has 1 aromatic heterocycles. The first-order valence-corrected chi connectivity index (χ1v) is 16.2. The van der Waals surface area contributed by atoms with E-state index in [2.05, 4.69) is 10.0 Å². The zero-order chi connectivity index (χ0) is 31.3. The molecule has 1 aliphatic carbocycles. The molecule has 0 unspecified atom stereocenters. The molecule has 0 radical (unpaired) electrons. The van der Waals surface area contributed by atoms with Crippen LogP contribution < -0.4 is 10.0 Å². The van der Waals surface area contributed by atoms with Crippen LogP contribution in [0.3, 0.4) is 0 Å². The lowest BCUT2D eigenvalue weighted by molar-refractivity contribution is 0.0696. The number of carbonyl (C=O) groups is 2. The number of furan rings is 1. The first-order chi connectivity index (χ1) is 21.1. The number of sulfonamides is 1. The van der Waals surface area contributed by atoms with Crippen molar-refractivity contribution in [2.24, 2.45) is 0 Å². The van der Waals surface area contributed by atoms with Gasteiger partial charge in [-0.1, -0.05) is 12.1 Å². The Bertz CT molecular complexity index is 1750. The van der Waals surface area contributed by atoms with E-state index in [0.29, 0.717) is 65.9 Å². The number of ether oxygens (including phenoxy) is 1. The van der Waals surface area contributed by atoms with Gasteiger partial charge in [0.05, 0.1) is 23.5 Å². The Kier molecular flexibility index (Phi) is 9.77. The summed E-state index contributed by atoms with van der Waals surface area (Å²) in [5.74, 6) is -1.40. The molecule has 1 amide bonds. The molecule has 0 aliphatic heterocycles. The van der Waals surface area contributed by atoms with Gasteiger partial charge in [-0.25, -0.2) is 22.3 Å². The molecule has 1 aliphatic rings. The third-order valence-corrected chi connectivity index (χ3v) is 8.98. The molecule has 9 nitrogen and oxygen atoms in total. The maximum atomic E-state index is 13.6. The third kappa shape index (κ3) is 7.71. The lowest BCUT2D eigenvalue weighted by atomic mass is 9.98. The number of hydrogen-bond donors (Lipinski definition) is 3. The molecule has 3 aromatic carbocycles. The second kappa shape index (κ2) is 13.7. The fourth-order valence-electron chi connectivity index (χ4n) is 5.17. The lowest BCUT2D eigenvalue weighted by Crippen LogP contribution is -2.26. The SMILES string of the molecule is CNC(=O)c1c(-c2ccc(F)cc2)oc2cc(CS(=O)(=O)NCCCCOCCc3ccc(C(=O)O)cc3)c(C3CC3)cc12. The zero-order valence-corrected chi connectivity index (χ0v) is 25.2. The van der Waals surface area contributed by atoms with Crippen LogP contribution in [0.5, 0.6) is 0 Å². The monoisotopic (exact) mass is 622 g/mol. The number of aromatic carboxylic acids is 1. The average molecular weight is 623 g/mol. The van der Waals surface area contributed by atoms with Gasteiger partial charge in [0.15, 0.2) is 0 Å². The molecule has 3 N–H and O–H groups in total. The van der Waals surface area contributed by atoms with Gasteiger partial charge >= 0.3 is 5.97 Å². The van der Waals surface area contributed by atoms with E-state index in [1.54, 1.807) is 42.5 Å². The van der Waals surface area contributed by atoms with E-state index in [0.717, 1.165) is 24.0 Å².